The lowest BCUT2D eigenvalue weighted by Gasteiger charge is -2.56. The highest BCUT2D eigenvalue weighted by Gasteiger charge is 2.49. The lowest BCUT2D eigenvalue weighted by molar-refractivity contribution is 0.119. The predicted octanol–water partition coefficient (Wildman–Crippen LogP) is 1.81. The lowest BCUT2D eigenvalue weighted by Crippen LogP contribution is -2.71. The second-order valence-electron chi connectivity index (χ2n) is 8.12. The van der Waals surface area contributed by atoms with Gasteiger partial charge in [0.05, 0.1) is 12.2 Å². The van der Waals surface area contributed by atoms with Crippen molar-refractivity contribution in [1.82, 2.24) is 25.0 Å². The van der Waals surface area contributed by atoms with Gasteiger partial charge in [0.15, 0.2) is 5.82 Å². The van der Waals surface area contributed by atoms with Crippen molar-refractivity contribution in [2.24, 2.45) is 5.41 Å². The summed E-state index contributed by atoms with van der Waals surface area (Å²) in [5.41, 5.74) is 2.94. The fourth-order valence-electron chi connectivity index (χ4n) is 4.52. The van der Waals surface area contributed by atoms with Crippen LogP contribution in [-0.4, -0.2) is 51.9 Å². The van der Waals surface area contributed by atoms with Crippen molar-refractivity contribution in [2.45, 2.75) is 32.0 Å². The molecule has 2 aromatic rings. The summed E-state index contributed by atoms with van der Waals surface area (Å²) >= 11 is 6.30. The minimum absolute atomic E-state index is 0.472. The van der Waals surface area contributed by atoms with Gasteiger partial charge in [0.25, 0.3) is 0 Å². The molecule has 2 saturated heterocycles. The summed E-state index contributed by atoms with van der Waals surface area (Å²) in [6.45, 7) is 6.22. The van der Waals surface area contributed by atoms with Crippen LogP contribution in [0.25, 0.3) is 5.69 Å². The maximum Gasteiger partial charge on any atom is 0.231 e. The molecule has 7 heteroatoms. The molecule has 1 aromatic heterocycles. The number of nitrogens with zero attached hydrogens (tertiary/aromatic N) is 5. The SMILES string of the molecule is Clc1ccc2c(c1)CN(C1CC1)Cc1nnc(N3CC4(CNC4)C3)n1-2. The van der Waals surface area contributed by atoms with Crippen molar-refractivity contribution in [3.8, 4) is 5.69 Å². The van der Waals surface area contributed by atoms with E-state index in [0.29, 0.717) is 11.5 Å². The standard InChI is InChI=1S/C18H21ClN6/c19-13-1-4-15-12(5-13)6-23(14-2-3-14)7-16-21-22-17(25(15)16)24-10-18(11-24)8-20-9-18/h1,4-5,14,20H,2-3,6-11H2. The number of aromatic nitrogens is 3. The van der Waals surface area contributed by atoms with Crippen molar-refractivity contribution >= 4 is 17.5 Å². The van der Waals surface area contributed by atoms with E-state index in [1.807, 2.05) is 6.07 Å². The second-order valence-corrected chi connectivity index (χ2v) is 8.56. The summed E-state index contributed by atoms with van der Waals surface area (Å²) in [6.07, 6.45) is 2.58. The van der Waals surface area contributed by atoms with Gasteiger partial charge in [-0.3, -0.25) is 9.47 Å². The zero-order valence-corrected chi connectivity index (χ0v) is 14.8. The van der Waals surface area contributed by atoms with Crippen molar-refractivity contribution in [3.63, 3.8) is 0 Å². The zero-order chi connectivity index (χ0) is 16.6. The normalized spacial score (nSPS) is 24.3. The van der Waals surface area contributed by atoms with Crippen LogP contribution in [0.3, 0.4) is 0 Å². The van der Waals surface area contributed by atoms with E-state index in [0.717, 1.165) is 56.1 Å². The van der Waals surface area contributed by atoms with E-state index in [-0.39, 0.29) is 0 Å². The van der Waals surface area contributed by atoms with Crippen molar-refractivity contribution < 1.29 is 0 Å². The van der Waals surface area contributed by atoms with Crippen LogP contribution in [0.1, 0.15) is 24.2 Å². The minimum atomic E-state index is 0.472. The predicted molar refractivity (Wildman–Crippen MR) is 96.2 cm³/mol. The number of rotatable bonds is 2. The van der Waals surface area contributed by atoms with Gasteiger partial charge in [-0.1, -0.05) is 11.6 Å². The quantitative estimate of drug-likeness (QED) is 0.889. The van der Waals surface area contributed by atoms with E-state index in [9.17, 15) is 0 Å². The molecular weight excluding hydrogens is 336 g/mol. The Hall–Kier alpha value is -1.63. The molecule has 4 aliphatic rings. The molecule has 4 heterocycles. The monoisotopic (exact) mass is 356 g/mol. The van der Waals surface area contributed by atoms with Crippen LogP contribution < -0.4 is 10.2 Å². The Kier molecular flexibility index (Phi) is 2.88. The molecule has 0 unspecified atom stereocenters. The first-order chi connectivity index (χ1) is 12.2. The molecule has 130 valence electrons. The van der Waals surface area contributed by atoms with Crippen LogP contribution in [0.2, 0.25) is 5.02 Å². The highest BCUT2D eigenvalue weighted by Crippen LogP contribution is 2.40. The summed E-state index contributed by atoms with van der Waals surface area (Å²) in [5, 5.41) is 13.4. The molecule has 0 amide bonds. The molecule has 1 spiro atoms. The number of benzene rings is 1. The molecule has 0 bridgehead atoms. The van der Waals surface area contributed by atoms with Gasteiger partial charge in [0.2, 0.25) is 5.95 Å². The Morgan fingerprint density at radius 3 is 2.68 bits per heavy atom. The number of hydrogen-bond acceptors (Lipinski definition) is 5. The first-order valence-corrected chi connectivity index (χ1v) is 9.51. The molecule has 25 heavy (non-hydrogen) atoms. The third kappa shape index (κ3) is 2.17. The van der Waals surface area contributed by atoms with Gasteiger partial charge in [-0.05, 0) is 36.6 Å². The highest BCUT2D eigenvalue weighted by molar-refractivity contribution is 6.30. The lowest BCUT2D eigenvalue weighted by atomic mass is 9.75. The average Bonchev–Trinajstić information content (AvgIpc) is 3.29. The van der Waals surface area contributed by atoms with Crippen molar-refractivity contribution in [1.29, 1.82) is 0 Å². The van der Waals surface area contributed by atoms with Crippen molar-refractivity contribution in [3.05, 3.63) is 34.6 Å². The number of nitrogens with one attached hydrogen (secondary N) is 1. The number of hydrogen-bond donors (Lipinski definition) is 1. The number of anilines is 1. The van der Waals surface area contributed by atoms with Gasteiger partial charge in [-0.15, -0.1) is 10.2 Å². The van der Waals surface area contributed by atoms with E-state index >= 15 is 0 Å². The molecular formula is C18H21ClN6. The van der Waals surface area contributed by atoms with E-state index in [1.165, 1.54) is 24.1 Å². The summed E-state index contributed by atoms with van der Waals surface area (Å²) in [4.78, 5) is 4.91. The molecule has 6 nitrogen and oxygen atoms in total. The molecule has 0 radical (unpaired) electrons. The highest BCUT2D eigenvalue weighted by atomic mass is 35.5. The van der Waals surface area contributed by atoms with Gasteiger partial charge >= 0.3 is 0 Å². The van der Waals surface area contributed by atoms with Crippen LogP contribution in [0.4, 0.5) is 5.95 Å². The van der Waals surface area contributed by atoms with Gasteiger partial charge in [0, 0.05) is 49.2 Å². The van der Waals surface area contributed by atoms with Crippen molar-refractivity contribution in [2.75, 3.05) is 31.1 Å². The molecule has 3 fully saturated rings. The van der Waals surface area contributed by atoms with Gasteiger partial charge in [-0.2, -0.15) is 0 Å². The van der Waals surface area contributed by atoms with E-state index in [2.05, 4.69) is 42.0 Å². The third-order valence-corrected chi connectivity index (χ3v) is 6.35. The average molecular weight is 357 g/mol. The van der Waals surface area contributed by atoms with E-state index in [4.69, 9.17) is 11.6 Å². The molecule has 3 aliphatic heterocycles. The first kappa shape index (κ1) is 14.5. The minimum Gasteiger partial charge on any atom is -0.339 e. The fraction of sp³-hybridized carbons (Fsp3) is 0.556. The molecule has 6 rings (SSSR count). The van der Waals surface area contributed by atoms with E-state index < -0.39 is 0 Å². The molecule has 1 N–H and O–H groups in total. The maximum absolute atomic E-state index is 6.30. The van der Waals surface area contributed by atoms with Crippen LogP contribution in [0.15, 0.2) is 18.2 Å². The Morgan fingerprint density at radius 2 is 1.96 bits per heavy atom. The third-order valence-electron chi connectivity index (χ3n) is 6.11. The second kappa shape index (κ2) is 4.96. The Bertz CT molecular complexity index is 845. The molecule has 0 atom stereocenters. The topological polar surface area (TPSA) is 49.2 Å². The van der Waals surface area contributed by atoms with E-state index in [1.54, 1.807) is 0 Å². The zero-order valence-electron chi connectivity index (χ0n) is 14.1. The molecule has 1 aromatic carbocycles. The number of halogens is 1. The smallest absolute Gasteiger partial charge is 0.231 e. The fourth-order valence-corrected chi connectivity index (χ4v) is 4.72. The van der Waals surface area contributed by atoms with Crippen LogP contribution in [-0.2, 0) is 13.1 Å². The van der Waals surface area contributed by atoms with Gasteiger partial charge in [-0.25, -0.2) is 0 Å². The van der Waals surface area contributed by atoms with Gasteiger partial charge in [0.1, 0.15) is 0 Å². The summed E-state index contributed by atoms with van der Waals surface area (Å²) in [6, 6.07) is 6.91. The molecule has 1 saturated carbocycles. The number of fused-ring (bicyclic) bond motifs is 3. The van der Waals surface area contributed by atoms with Crippen LogP contribution in [0.5, 0.6) is 0 Å². The van der Waals surface area contributed by atoms with Gasteiger partial charge < -0.3 is 10.2 Å². The Labute approximate surface area is 151 Å². The summed E-state index contributed by atoms with van der Waals surface area (Å²) in [7, 11) is 0. The summed E-state index contributed by atoms with van der Waals surface area (Å²) in [5.74, 6) is 2.05. The van der Waals surface area contributed by atoms with Crippen LogP contribution in [0, 0.1) is 5.41 Å². The van der Waals surface area contributed by atoms with Crippen LogP contribution >= 0.6 is 11.6 Å². The molecule has 1 aliphatic carbocycles. The Balaban J connectivity index is 1.43. The first-order valence-electron chi connectivity index (χ1n) is 9.14. The summed E-state index contributed by atoms with van der Waals surface area (Å²) < 4.78 is 2.27. The Morgan fingerprint density at radius 1 is 1.12 bits per heavy atom. The maximum atomic E-state index is 6.30. The largest absolute Gasteiger partial charge is 0.339 e.